The number of thiophene rings is 1. The van der Waals surface area contributed by atoms with Crippen LogP contribution in [0.2, 0.25) is 0 Å². The zero-order valence-corrected chi connectivity index (χ0v) is 13.1. The lowest BCUT2D eigenvalue weighted by molar-refractivity contribution is -0.129. The summed E-state index contributed by atoms with van der Waals surface area (Å²) in [5.74, 6) is 2.80. The number of nitrogens with zero attached hydrogens (tertiary/aromatic N) is 1. The smallest absolute Gasteiger partial charge is 0.240 e. The molecule has 0 spiro atoms. The second-order valence-corrected chi connectivity index (χ2v) is 8.22. The lowest BCUT2D eigenvalue weighted by Gasteiger charge is -2.56. The van der Waals surface area contributed by atoms with Crippen molar-refractivity contribution in [1.29, 1.82) is 0 Å². The third-order valence-corrected chi connectivity index (χ3v) is 6.35. The summed E-state index contributed by atoms with van der Waals surface area (Å²) in [6, 6.07) is 2.00. The molecule has 1 aromatic heterocycles. The van der Waals surface area contributed by atoms with Crippen LogP contribution >= 0.6 is 11.3 Å². The number of hydrogen-bond donors (Lipinski definition) is 1. The molecule has 0 atom stereocenters. The molecule has 112 valence electrons. The minimum absolute atomic E-state index is 0.100. The van der Waals surface area contributed by atoms with Gasteiger partial charge in [0, 0.05) is 12.0 Å². The second kappa shape index (κ2) is 5.24. The van der Waals surface area contributed by atoms with Crippen LogP contribution < -0.4 is 5.43 Å². The molecule has 4 fully saturated rings. The highest BCUT2D eigenvalue weighted by Gasteiger charge is 2.51. The van der Waals surface area contributed by atoms with E-state index in [0.717, 1.165) is 23.3 Å². The van der Waals surface area contributed by atoms with Crippen molar-refractivity contribution in [2.24, 2.45) is 28.3 Å². The van der Waals surface area contributed by atoms with Gasteiger partial charge < -0.3 is 0 Å². The van der Waals surface area contributed by atoms with E-state index in [0.29, 0.717) is 11.8 Å². The molecular formula is C17H22N2OS. The molecule has 1 amide bonds. The van der Waals surface area contributed by atoms with Gasteiger partial charge in [0.05, 0.1) is 6.21 Å². The van der Waals surface area contributed by atoms with Gasteiger partial charge in [-0.3, -0.25) is 4.79 Å². The van der Waals surface area contributed by atoms with E-state index in [-0.39, 0.29) is 5.91 Å². The maximum atomic E-state index is 12.2. The molecule has 4 heteroatoms. The van der Waals surface area contributed by atoms with Crippen LogP contribution in [0.5, 0.6) is 0 Å². The van der Waals surface area contributed by atoms with Crippen molar-refractivity contribution < 1.29 is 4.79 Å². The number of hydrazone groups is 1. The summed E-state index contributed by atoms with van der Waals surface area (Å²) in [4.78, 5) is 12.2. The Morgan fingerprint density at radius 1 is 1.29 bits per heavy atom. The van der Waals surface area contributed by atoms with Crippen molar-refractivity contribution in [3.05, 3.63) is 22.4 Å². The van der Waals surface area contributed by atoms with Gasteiger partial charge in [-0.15, -0.1) is 0 Å². The van der Waals surface area contributed by atoms with Crippen LogP contribution in [0.4, 0.5) is 0 Å². The number of hydrogen-bond acceptors (Lipinski definition) is 3. The zero-order chi connectivity index (χ0) is 14.3. The minimum Gasteiger partial charge on any atom is -0.273 e. The number of rotatable bonds is 4. The van der Waals surface area contributed by atoms with Gasteiger partial charge in [0.25, 0.3) is 0 Å². The average Bonchev–Trinajstić information content (AvgIpc) is 2.89. The fourth-order valence-electron chi connectivity index (χ4n) is 5.41. The van der Waals surface area contributed by atoms with E-state index in [4.69, 9.17) is 0 Å². The van der Waals surface area contributed by atoms with Gasteiger partial charge in [-0.2, -0.15) is 16.4 Å². The molecular weight excluding hydrogens is 280 g/mol. The van der Waals surface area contributed by atoms with Crippen LogP contribution in [0.3, 0.4) is 0 Å². The lowest BCUT2D eigenvalue weighted by atomic mass is 9.49. The monoisotopic (exact) mass is 302 g/mol. The van der Waals surface area contributed by atoms with Crippen molar-refractivity contribution in [1.82, 2.24) is 5.43 Å². The van der Waals surface area contributed by atoms with Gasteiger partial charge in [0.2, 0.25) is 5.91 Å². The Labute approximate surface area is 129 Å². The first kappa shape index (κ1) is 13.5. The third-order valence-electron chi connectivity index (χ3n) is 5.65. The fourth-order valence-corrected chi connectivity index (χ4v) is 6.02. The molecule has 5 rings (SSSR count). The average molecular weight is 302 g/mol. The van der Waals surface area contributed by atoms with Crippen LogP contribution in [0.15, 0.2) is 21.9 Å². The maximum Gasteiger partial charge on any atom is 0.240 e. The van der Waals surface area contributed by atoms with Gasteiger partial charge in [-0.05, 0) is 78.5 Å². The first-order valence-corrected chi connectivity index (χ1v) is 8.99. The van der Waals surface area contributed by atoms with Crippen molar-refractivity contribution in [2.45, 2.75) is 44.9 Å². The second-order valence-electron chi connectivity index (χ2n) is 7.44. The maximum absolute atomic E-state index is 12.2. The van der Waals surface area contributed by atoms with Crippen LogP contribution in [0, 0.1) is 23.2 Å². The normalized spacial score (nSPS) is 37.2. The predicted molar refractivity (Wildman–Crippen MR) is 85.3 cm³/mol. The SMILES string of the molecule is O=C(CC12CC3CC(CC(C3)C1)C2)NN=Cc1ccsc1. The van der Waals surface area contributed by atoms with Gasteiger partial charge in [0.1, 0.15) is 0 Å². The quantitative estimate of drug-likeness (QED) is 0.667. The Balaban J connectivity index is 1.36. The number of carbonyl (C=O) groups excluding carboxylic acids is 1. The van der Waals surface area contributed by atoms with Crippen LogP contribution in [0.1, 0.15) is 50.5 Å². The first-order valence-electron chi connectivity index (χ1n) is 8.05. The largest absolute Gasteiger partial charge is 0.273 e. The van der Waals surface area contributed by atoms with Crippen LogP contribution in [-0.2, 0) is 4.79 Å². The first-order chi connectivity index (χ1) is 10.2. The highest BCUT2D eigenvalue weighted by atomic mass is 32.1. The van der Waals surface area contributed by atoms with Gasteiger partial charge in [-0.25, -0.2) is 5.43 Å². The predicted octanol–water partition coefficient (Wildman–Crippen LogP) is 3.80. The van der Waals surface area contributed by atoms with Gasteiger partial charge in [-0.1, -0.05) is 0 Å². The Bertz CT molecular complexity index is 514. The molecule has 21 heavy (non-hydrogen) atoms. The van der Waals surface area contributed by atoms with E-state index in [9.17, 15) is 4.79 Å². The van der Waals surface area contributed by atoms with Crippen LogP contribution in [0.25, 0.3) is 0 Å². The molecule has 0 radical (unpaired) electrons. The van der Waals surface area contributed by atoms with E-state index in [1.165, 1.54) is 38.5 Å². The van der Waals surface area contributed by atoms with Gasteiger partial charge in [0.15, 0.2) is 0 Å². The summed E-state index contributed by atoms with van der Waals surface area (Å²) < 4.78 is 0. The zero-order valence-electron chi connectivity index (χ0n) is 12.3. The van der Waals surface area contributed by atoms with E-state index >= 15 is 0 Å². The molecule has 0 saturated heterocycles. The molecule has 1 heterocycles. The number of carbonyl (C=O) groups is 1. The fraction of sp³-hybridized carbons (Fsp3) is 0.647. The van der Waals surface area contributed by atoms with E-state index < -0.39 is 0 Å². The van der Waals surface area contributed by atoms with Crippen molar-refractivity contribution in [3.8, 4) is 0 Å². The molecule has 4 aliphatic rings. The Morgan fingerprint density at radius 2 is 1.95 bits per heavy atom. The summed E-state index contributed by atoms with van der Waals surface area (Å²) >= 11 is 1.64. The lowest BCUT2D eigenvalue weighted by Crippen LogP contribution is -2.47. The summed E-state index contributed by atoms with van der Waals surface area (Å²) in [5, 5.41) is 8.13. The van der Waals surface area contributed by atoms with Crippen LogP contribution in [-0.4, -0.2) is 12.1 Å². The molecule has 1 aromatic rings. The standard InChI is InChI=1S/C17H22N2OS/c20-16(19-18-10-12-1-2-21-11-12)9-17-6-13-3-14(7-17)5-15(4-13)8-17/h1-2,10-11,13-15H,3-9H2,(H,19,20). The molecule has 0 aliphatic heterocycles. The summed E-state index contributed by atoms with van der Waals surface area (Å²) in [5.41, 5.74) is 4.08. The van der Waals surface area contributed by atoms with E-state index in [2.05, 4.69) is 10.5 Å². The molecule has 1 N–H and O–H groups in total. The summed E-state index contributed by atoms with van der Waals surface area (Å²) in [6.07, 6.45) is 10.5. The molecule has 4 saturated carbocycles. The highest BCUT2D eigenvalue weighted by molar-refractivity contribution is 7.08. The molecule has 3 nitrogen and oxygen atoms in total. The highest BCUT2D eigenvalue weighted by Crippen LogP contribution is 2.61. The van der Waals surface area contributed by atoms with Crippen molar-refractivity contribution in [2.75, 3.05) is 0 Å². The molecule has 0 aromatic carbocycles. The summed E-state index contributed by atoms with van der Waals surface area (Å²) in [6.45, 7) is 0. The topological polar surface area (TPSA) is 41.5 Å². The number of nitrogens with one attached hydrogen (secondary N) is 1. The van der Waals surface area contributed by atoms with Gasteiger partial charge >= 0.3 is 0 Å². The van der Waals surface area contributed by atoms with E-state index in [1.807, 2.05) is 16.8 Å². The summed E-state index contributed by atoms with van der Waals surface area (Å²) in [7, 11) is 0. The minimum atomic E-state index is 0.100. The Morgan fingerprint density at radius 3 is 2.52 bits per heavy atom. The number of amides is 1. The molecule has 4 bridgehead atoms. The van der Waals surface area contributed by atoms with Crippen molar-refractivity contribution in [3.63, 3.8) is 0 Å². The van der Waals surface area contributed by atoms with E-state index in [1.54, 1.807) is 17.6 Å². The third kappa shape index (κ3) is 2.78. The Hall–Kier alpha value is -1.16. The van der Waals surface area contributed by atoms with Crippen molar-refractivity contribution >= 4 is 23.5 Å². The molecule has 4 aliphatic carbocycles. The Kier molecular flexibility index (Phi) is 3.37. The molecule has 0 unspecified atom stereocenters.